The summed E-state index contributed by atoms with van der Waals surface area (Å²) >= 11 is 0. The van der Waals surface area contributed by atoms with Crippen molar-refractivity contribution in [3.63, 3.8) is 0 Å². The number of hydrogen-bond donors (Lipinski definition) is 1. The molecule has 4 nitrogen and oxygen atoms in total. The van der Waals surface area contributed by atoms with Crippen LogP contribution in [0.15, 0.2) is 227 Å². The van der Waals surface area contributed by atoms with Crippen LogP contribution in [-0.4, -0.2) is 17.9 Å². The molecule has 0 fully saturated rings. The Morgan fingerprint density at radius 2 is 0.915 bits per heavy atom. The van der Waals surface area contributed by atoms with Gasteiger partial charge in [-0.15, -0.1) is 0 Å². The smallest absolute Gasteiger partial charge is 0.161 e. The molecule has 0 bridgehead atoms. The second kappa shape index (κ2) is 15.5. The molecule has 0 aliphatic carbocycles. The topological polar surface area (TPSA) is 61.7 Å². The van der Waals surface area contributed by atoms with E-state index in [1.165, 1.54) is 11.1 Å². The predicted octanol–water partition coefficient (Wildman–Crippen LogP) is 14.3. The van der Waals surface area contributed by atoms with Crippen LogP contribution in [0.25, 0.3) is 77.2 Å². The highest BCUT2D eigenvalue weighted by Crippen LogP contribution is 2.42. The molecule has 59 heavy (non-hydrogen) atoms. The largest absolute Gasteiger partial charge is 0.455 e. The van der Waals surface area contributed by atoms with Crippen LogP contribution in [0.3, 0.4) is 0 Å². The first-order valence-electron chi connectivity index (χ1n) is 19.7. The number of aliphatic imine (C=N–C) groups is 2. The van der Waals surface area contributed by atoms with Gasteiger partial charge in [0.25, 0.3) is 0 Å². The molecule has 0 unspecified atom stereocenters. The number of nitrogens with zero attached hydrogens (tertiary/aromatic N) is 2. The molecule has 10 rings (SSSR count). The summed E-state index contributed by atoms with van der Waals surface area (Å²) in [7, 11) is 0. The average Bonchev–Trinajstić information content (AvgIpc) is 3.70. The number of benzene rings is 9. The fraction of sp³-hybridized carbons (Fsp3) is 0. The van der Waals surface area contributed by atoms with Crippen molar-refractivity contribution in [1.82, 2.24) is 0 Å². The highest BCUT2D eigenvalue weighted by atomic mass is 16.3. The summed E-state index contributed by atoms with van der Waals surface area (Å²) in [5.41, 5.74) is 13.1. The number of amidine groups is 2. The van der Waals surface area contributed by atoms with E-state index >= 15 is 0 Å². The Morgan fingerprint density at radius 1 is 0.390 bits per heavy atom. The summed E-state index contributed by atoms with van der Waals surface area (Å²) in [6, 6.07) is 72.8. The first kappa shape index (κ1) is 35.5. The van der Waals surface area contributed by atoms with Crippen LogP contribution in [0.5, 0.6) is 0 Å². The number of furan rings is 1. The lowest BCUT2D eigenvalue weighted by Crippen LogP contribution is -2.04. The SMILES string of the molecule is N=C(N=C(N=Cc1ccccc1)c1ccc(-c2ccccc2)cc1)c1ccc(-c2cc3c4cccc(-c5cccc(-c6ccccc6)c5)c4oc3c3ccccc23)cc1. The minimum atomic E-state index is 0.133. The number of hydrogen-bond acceptors (Lipinski definition) is 2. The lowest BCUT2D eigenvalue weighted by atomic mass is 9.94. The van der Waals surface area contributed by atoms with E-state index in [4.69, 9.17) is 19.8 Å². The molecule has 0 saturated heterocycles. The Labute approximate surface area is 342 Å². The quantitative estimate of drug-likeness (QED) is 0.128. The Hall–Kier alpha value is -7.95. The lowest BCUT2D eigenvalue weighted by Gasteiger charge is -2.10. The zero-order chi connectivity index (χ0) is 39.5. The summed E-state index contributed by atoms with van der Waals surface area (Å²) < 4.78 is 6.83. The standard InChI is InChI=1S/C55H37N3O/c56-54(58-55(57-36-37-14-4-1-5-15-37)43-32-26-40(27-33-43)38-16-6-2-7-17-38)42-30-28-41(29-31-42)50-35-51-49-25-13-24-46(52(49)59-53(51)48-23-11-10-22-47(48)50)45-21-12-20-44(34-45)39-18-8-3-9-19-39/h1-36,56H. The van der Waals surface area contributed by atoms with E-state index in [1.54, 1.807) is 6.21 Å². The molecule has 1 N–H and O–H groups in total. The van der Waals surface area contributed by atoms with Gasteiger partial charge in [-0.05, 0) is 62.0 Å². The van der Waals surface area contributed by atoms with Gasteiger partial charge in [-0.2, -0.15) is 0 Å². The number of rotatable bonds is 7. The van der Waals surface area contributed by atoms with Gasteiger partial charge >= 0.3 is 0 Å². The Morgan fingerprint density at radius 3 is 1.64 bits per heavy atom. The van der Waals surface area contributed by atoms with Crippen LogP contribution in [-0.2, 0) is 0 Å². The van der Waals surface area contributed by atoms with E-state index in [0.717, 1.165) is 77.2 Å². The van der Waals surface area contributed by atoms with Crippen LogP contribution in [0.4, 0.5) is 0 Å². The first-order valence-corrected chi connectivity index (χ1v) is 19.7. The maximum absolute atomic E-state index is 9.13. The van der Waals surface area contributed by atoms with Gasteiger partial charge in [-0.3, -0.25) is 5.41 Å². The zero-order valence-corrected chi connectivity index (χ0v) is 32.1. The molecule has 0 spiro atoms. The van der Waals surface area contributed by atoms with Gasteiger partial charge in [0.2, 0.25) is 0 Å². The summed E-state index contributed by atoms with van der Waals surface area (Å²) in [4.78, 5) is 9.60. The Bertz CT molecular complexity index is 3180. The molecule has 0 radical (unpaired) electrons. The molecule has 0 amide bonds. The predicted molar refractivity (Wildman–Crippen MR) is 247 cm³/mol. The number of fused-ring (bicyclic) bond motifs is 5. The first-order chi connectivity index (χ1) is 29.2. The molecule has 0 saturated carbocycles. The third-order valence-electron chi connectivity index (χ3n) is 10.9. The van der Waals surface area contributed by atoms with Gasteiger partial charge < -0.3 is 4.42 Å². The van der Waals surface area contributed by atoms with Gasteiger partial charge in [0.1, 0.15) is 11.2 Å². The van der Waals surface area contributed by atoms with Gasteiger partial charge in [0, 0.05) is 39.1 Å². The Balaban J connectivity index is 1.01. The van der Waals surface area contributed by atoms with Crippen molar-refractivity contribution < 1.29 is 4.42 Å². The minimum absolute atomic E-state index is 0.133. The van der Waals surface area contributed by atoms with Crippen LogP contribution in [0.1, 0.15) is 16.7 Å². The van der Waals surface area contributed by atoms with Crippen molar-refractivity contribution >= 4 is 50.6 Å². The molecule has 0 atom stereocenters. The van der Waals surface area contributed by atoms with Crippen molar-refractivity contribution in [2.45, 2.75) is 0 Å². The molecule has 0 aliphatic rings. The second-order valence-corrected chi connectivity index (χ2v) is 14.6. The van der Waals surface area contributed by atoms with Crippen LogP contribution < -0.4 is 0 Å². The third kappa shape index (κ3) is 7.05. The highest BCUT2D eigenvalue weighted by Gasteiger charge is 2.18. The summed E-state index contributed by atoms with van der Waals surface area (Å²) in [6.45, 7) is 0. The van der Waals surface area contributed by atoms with Gasteiger partial charge in [-0.1, -0.05) is 200 Å². The average molecular weight is 756 g/mol. The van der Waals surface area contributed by atoms with Gasteiger partial charge in [0.15, 0.2) is 11.7 Å². The maximum atomic E-state index is 9.13. The maximum Gasteiger partial charge on any atom is 0.161 e. The van der Waals surface area contributed by atoms with E-state index in [-0.39, 0.29) is 5.84 Å². The number of nitrogens with one attached hydrogen (secondary N) is 1. The zero-order valence-electron chi connectivity index (χ0n) is 32.1. The van der Waals surface area contributed by atoms with E-state index in [9.17, 15) is 0 Å². The van der Waals surface area contributed by atoms with Crippen molar-refractivity contribution in [2.75, 3.05) is 0 Å². The molecule has 10 aromatic rings. The van der Waals surface area contributed by atoms with Gasteiger partial charge in [-0.25, -0.2) is 9.98 Å². The van der Waals surface area contributed by atoms with Gasteiger partial charge in [0.05, 0.1) is 0 Å². The van der Waals surface area contributed by atoms with Crippen molar-refractivity contribution in [3.05, 3.63) is 229 Å². The molecule has 4 heteroatoms. The summed E-state index contributed by atoms with van der Waals surface area (Å²) in [6.07, 6.45) is 1.80. The molecule has 0 aliphatic heterocycles. The molecular formula is C55H37N3O. The minimum Gasteiger partial charge on any atom is -0.455 e. The lowest BCUT2D eigenvalue weighted by molar-refractivity contribution is 0.674. The third-order valence-corrected chi connectivity index (χ3v) is 10.9. The van der Waals surface area contributed by atoms with E-state index in [1.807, 2.05) is 78.9 Å². The molecule has 1 aromatic heterocycles. The second-order valence-electron chi connectivity index (χ2n) is 14.6. The number of para-hydroxylation sites is 1. The van der Waals surface area contributed by atoms with E-state index < -0.39 is 0 Å². The van der Waals surface area contributed by atoms with Crippen molar-refractivity contribution in [3.8, 4) is 44.5 Å². The van der Waals surface area contributed by atoms with Crippen molar-refractivity contribution in [1.29, 1.82) is 5.41 Å². The fourth-order valence-electron chi connectivity index (χ4n) is 7.85. The molecule has 1 heterocycles. The molecular weight excluding hydrogens is 719 g/mol. The van der Waals surface area contributed by atoms with E-state index in [0.29, 0.717) is 11.4 Å². The molecule has 9 aromatic carbocycles. The fourth-order valence-corrected chi connectivity index (χ4v) is 7.85. The van der Waals surface area contributed by atoms with Crippen LogP contribution in [0.2, 0.25) is 0 Å². The molecule has 278 valence electrons. The summed E-state index contributed by atoms with van der Waals surface area (Å²) in [5, 5.41) is 13.4. The Kier molecular flexibility index (Phi) is 9.34. The van der Waals surface area contributed by atoms with E-state index in [2.05, 4.69) is 133 Å². The van der Waals surface area contributed by atoms with Crippen molar-refractivity contribution in [2.24, 2.45) is 9.98 Å². The normalized spacial score (nSPS) is 11.8. The van der Waals surface area contributed by atoms with Crippen LogP contribution in [0, 0.1) is 5.41 Å². The monoisotopic (exact) mass is 755 g/mol. The highest BCUT2D eigenvalue weighted by molar-refractivity contribution is 6.21. The summed E-state index contributed by atoms with van der Waals surface area (Å²) in [5.74, 6) is 0.603. The van der Waals surface area contributed by atoms with Crippen LogP contribution >= 0.6 is 0 Å².